The molecule has 0 unspecified atom stereocenters. The third-order valence-electron chi connectivity index (χ3n) is 8.03. The van der Waals surface area contributed by atoms with Crippen LogP contribution >= 0.6 is 0 Å². The fraction of sp³-hybridized carbons (Fsp3) is 0.407. The highest BCUT2D eigenvalue weighted by atomic mass is 19.1. The summed E-state index contributed by atoms with van der Waals surface area (Å²) in [6, 6.07) is 7.71. The monoisotopic (exact) mass is 537 g/mol. The van der Waals surface area contributed by atoms with Crippen molar-refractivity contribution in [1.29, 1.82) is 0 Å². The maximum Gasteiger partial charge on any atom is 0.325 e. The number of hydrogen-bond donors (Lipinski definition) is 1. The first-order valence-electron chi connectivity index (χ1n) is 12.7. The molecule has 0 spiro atoms. The number of hydrogen-bond acceptors (Lipinski definition) is 8. The van der Waals surface area contributed by atoms with Gasteiger partial charge in [0.2, 0.25) is 0 Å². The van der Waals surface area contributed by atoms with Gasteiger partial charge in [-0.3, -0.25) is 14.9 Å². The highest BCUT2D eigenvalue weighted by molar-refractivity contribution is 6.08. The highest BCUT2D eigenvalue weighted by Gasteiger charge is 2.57. The highest BCUT2D eigenvalue weighted by Crippen LogP contribution is 2.39. The topological polar surface area (TPSA) is 117 Å². The number of nitrogens with zero attached hydrogens (tertiary/aromatic N) is 4. The zero-order valence-corrected chi connectivity index (χ0v) is 21.8. The Hall–Kier alpha value is -4.19. The van der Waals surface area contributed by atoms with Crippen LogP contribution in [-0.2, 0) is 21.6 Å². The standard InChI is InChI=1S/C27H28FN5O6/c1-31-26(36)30-25(35)27(31,14-33-13-15-4-5-19(38-3)23(28)22(15)24(33)34)20-12-17-18(39-20)6-7-21(29-17)32-10-8-16(37-2)9-11-32/h4-7,12,16H,8-11,13-14H2,1-3H3,(H,30,35,36)/t27-/m0/s1. The van der Waals surface area contributed by atoms with Gasteiger partial charge in [0.15, 0.2) is 22.7 Å². The molecule has 204 valence electrons. The van der Waals surface area contributed by atoms with E-state index in [9.17, 15) is 18.8 Å². The van der Waals surface area contributed by atoms with Crippen molar-refractivity contribution in [3.8, 4) is 5.75 Å². The van der Waals surface area contributed by atoms with Gasteiger partial charge in [-0.05, 0) is 36.6 Å². The number of aromatic nitrogens is 1. The van der Waals surface area contributed by atoms with Crippen LogP contribution in [0.4, 0.5) is 15.0 Å². The first kappa shape index (κ1) is 25.1. The maximum absolute atomic E-state index is 15.0. The first-order valence-corrected chi connectivity index (χ1v) is 12.7. The van der Waals surface area contributed by atoms with Crippen molar-refractivity contribution < 1.29 is 32.7 Å². The predicted molar refractivity (Wildman–Crippen MR) is 137 cm³/mol. The van der Waals surface area contributed by atoms with E-state index in [2.05, 4.69) is 10.2 Å². The minimum atomic E-state index is -1.67. The second-order valence-corrected chi connectivity index (χ2v) is 10.0. The number of anilines is 1. The lowest BCUT2D eigenvalue weighted by atomic mass is 9.94. The molecule has 2 saturated heterocycles. The number of urea groups is 1. The Balaban J connectivity index is 1.35. The predicted octanol–water partition coefficient (Wildman–Crippen LogP) is 2.62. The molecule has 39 heavy (non-hydrogen) atoms. The van der Waals surface area contributed by atoms with Crippen molar-refractivity contribution in [3.63, 3.8) is 0 Å². The van der Waals surface area contributed by atoms with Crippen LogP contribution in [0.2, 0.25) is 0 Å². The van der Waals surface area contributed by atoms with Gasteiger partial charge in [-0.2, -0.15) is 0 Å². The molecule has 4 amide bonds. The van der Waals surface area contributed by atoms with Crippen LogP contribution in [-0.4, -0.2) is 79.6 Å². The van der Waals surface area contributed by atoms with Gasteiger partial charge in [0.25, 0.3) is 11.8 Å². The number of fused-ring (bicyclic) bond motifs is 2. The van der Waals surface area contributed by atoms with Gasteiger partial charge in [-0.1, -0.05) is 6.07 Å². The number of carbonyl (C=O) groups excluding carboxylic acids is 3. The van der Waals surface area contributed by atoms with Gasteiger partial charge in [-0.15, -0.1) is 0 Å². The SMILES string of the molecule is COc1ccc2c(c1F)C(=O)N(C[C@]1(c3cc4nc(N5CCC(OC)CC5)ccc4o3)C(=O)NC(=O)N1C)C2. The molecule has 0 saturated carbocycles. The largest absolute Gasteiger partial charge is 0.494 e. The van der Waals surface area contributed by atoms with E-state index in [0.29, 0.717) is 16.7 Å². The Morgan fingerprint density at radius 3 is 2.59 bits per heavy atom. The first-order chi connectivity index (χ1) is 18.8. The summed E-state index contributed by atoms with van der Waals surface area (Å²) in [7, 11) is 4.50. The third-order valence-corrected chi connectivity index (χ3v) is 8.03. The molecule has 1 atom stereocenters. The van der Waals surface area contributed by atoms with E-state index in [1.165, 1.54) is 30.0 Å². The summed E-state index contributed by atoms with van der Waals surface area (Å²) < 4.78 is 31.6. The van der Waals surface area contributed by atoms with Crippen LogP contribution in [0.3, 0.4) is 0 Å². The number of benzene rings is 1. The minimum Gasteiger partial charge on any atom is -0.494 e. The number of piperidine rings is 1. The Bertz CT molecular complexity index is 1500. The molecule has 1 aromatic carbocycles. The number of pyridine rings is 1. The van der Waals surface area contributed by atoms with Crippen molar-refractivity contribution in [2.24, 2.45) is 0 Å². The maximum atomic E-state index is 15.0. The summed E-state index contributed by atoms with van der Waals surface area (Å²) in [6.07, 6.45) is 2.01. The van der Waals surface area contributed by atoms with Crippen LogP contribution in [0, 0.1) is 5.82 Å². The smallest absolute Gasteiger partial charge is 0.325 e. The number of carbonyl (C=O) groups is 3. The number of nitrogens with one attached hydrogen (secondary N) is 1. The third kappa shape index (κ3) is 3.81. The van der Waals surface area contributed by atoms with Crippen molar-refractivity contribution in [2.45, 2.75) is 31.0 Å². The van der Waals surface area contributed by atoms with Crippen molar-refractivity contribution >= 4 is 34.8 Å². The van der Waals surface area contributed by atoms with Crippen LogP contribution < -0.4 is 15.0 Å². The molecule has 1 N–H and O–H groups in total. The van der Waals surface area contributed by atoms with E-state index >= 15 is 0 Å². The molecular formula is C27H28FN5O6. The number of imide groups is 1. The van der Waals surface area contributed by atoms with E-state index < -0.39 is 29.2 Å². The molecule has 12 heteroatoms. The summed E-state index contributed by atoms with van der Waals surface area (Å²) in [5, 5.41) is 2.33. The lowest BCUT2D eigenvalue weighted by Crippen LogP contribution is -2.53. The van der Waals surface area contributed by atoms with Crippen molar-refractivity contribution in [2.75, 3.05) is 45.8 Å². The number of furan rings is 1. The Kier molecular flexibility index (Phi) is 5.94. The second-order valence-electron chi connectivity index (χ2n) is 10.0. The summed E-state index contributed by atoms with van der Waals surface area (Å²) >= 11 is 0. The van der Waals surface area contributed by atoms with E-state index in [0.717, 1.165) is 31.7 Å². The van der Waals surface area contributed by atoms with Crippen LogP contribution in [0.5, 0.6) is 5.75 Å². The van der Waals surface area contributed by atoms with Crippen molar-refractivity contribution in [3.05, 3.63) is 53.0 Å². The fourth-order valence-electron chi connectivity index (χ4n) is 5.71. The molecule has 3 aliphatic heterocycles. The number of likely N-dealkylation sites (N-methyl/N-ethyl adjacent to an activating group) is 1. The van der Waals surface area contributed by atoms with Gasteiger partial charge >= 0.3 is 6.03 Å². The van der Waals surface area contributed by atoms with E-state index in [1.807, 2.05) is 6.07 Å². The zero-order chi connectivity index (χ0) is 27.5. The second kappa shape index (κ2) is 9.23. The summed E-state index contributed by atoms with van der Waals surface area (Å²) in [5.74, 6) is -1.11. The molecule has 0 aliphatic carbocycles. The zero-order valence-electron chi connectivity index (χ0n) is 21.8. The van der Waals surface area contributed by atoms with Gasteiger partial charge in [0.05, 0.1) is 25.3 Å². The molecule has 3 aromatic rings. The summed E-state index contributed by atoms with van der Waals surface area (Å²) in [5.41, 5.74) is -0.359. The van der Waals surface area contributed by atoms with Crippen LogP contribution in [0.15, 0.2) is 34.7 Å². The van der Waals surface area contributed by atoms with Gasteiger partial charge < -0.3 is 28.6 Å². The number of halogens is 1. The van der Waals surface area contributed by atoms with E-state index in [1.54, 1.807) is 25.3 Å². The average molecular weight is 538 g/mol. The number of rotatable bonds is 6. The average Bonchev–Trinajstić information content (AvgIpc) is 3.57. The summed E-state index contributed by atoms with van der Waals surface area (Å²) in [4.78, 5) is 48.9. The van der Waals surface area contributed by atoms with Crippen LogP contribution in [0.25, 0.3) is 11.1 Å². The molecule has 3 aliphatic rings. The number of amides is 4. The van der Waals surface area contributed by atoms with Crippen LogP contribution in [0.1, 0.15) is 34.5 Å². The Morgan fingerprint density at radius 1 is 1.15 bits per heavy atom. The molecule has 2 aromatic heterocycles. The molecule has 0 radical (unpaired) electrons. The molecule has 2 fully saturated rings. The number of methoxy groups -OCH3 is 2. The molecular weight excluding hydrogens is 509 g/mol. The normalized spacial score (nSPS) is 21.7. The van der Waals surface area contributed by atoms with Gasteiger partial charge in [-0.25, -0.2) is 14.2 Å². The van der Waals surface area contributed by atoms with Gasteiger partial charge in [0, 0.05) is 39.9 Å². The minimum absolute atomic E-state index is 0.0461. The van der Waals surface area contributed by atoms with E-state index in [-0.39, 0.29) is 36.3 Å². The quantitative estimate of drug-likeness (QED) is 0.477. The Labute approximate surface area is 223 Å². The molecule has 6 rings (SSSR count). The fourth-order valence-corrected chi connectivity index (χ4v) is 5.71. The van der Waals surface area contributed by atoms with Gasteiger partial charge in [0.1, 0.15) is 17.1 Å². The lowest BCUT2D eigenvalue weighted by molar-refractivity contribution is -0.128. The van der Waals surface area contributed by atoms with E-state index in [4.69, 9.17) is 18.9 Å². The lowest BCUT2D eigenvalue weighted by Gasteiger charge is -2.34. The van der Waals surface area contributed by atoms with Crippen molar-refractivity contribution in [1.82, 2.24) is 20.1 Å². The molecule has 0 bridgehead atoms. The molecule has 5 heterocycles. The Morgan fingerprint density at radius 2 is 1.92 bits per heavy atom. The summed E-state index contributed by atoms with van der Waals surface area (Å²) in [6.45, 7) is 1.41. The molecule has 11 nitrogen and oxygen atoms in total. The number of ether oxygens (including phenoxy) is 2.